The maximum Gasteiger partial charge on any atom is 0.0757 e. The molecule has 1 unspecified atom stereocenters. The molecular formula is C15H20BrIN4. The highest BCUT2D eigenvalue weighted by molar-refractivity contribution is 14.1. The fraction of sp³-hybridized carbons (Fsp3) is 0.400. The predicted molar refractivity (Wildman–Crippen MR) is 98.5 cm³/mol. The predicted octanol–water partition coefficient (Wildman–Crippen LogP) is 3.12. The number of hydrogen-bond donors (Lipinski definition) is 1. The second kappa shape index (κ2) is 7.71. The molecule has 114 valence electrons. The summed E-state index contributed by atoms with van der Waals surface area (Å²) in [5.74, 6) is 0. The Morgan fingerprint density at radius 2 is 2.19 bits per heavy atom. The molecule has 4 nitrogen and oxygen atoms in total. The van der Waals surface area contributed by atoms with Crippen molar-refractivity contribution < 1.29 is 0 Å². The van der Waals surface area contributed by atoms with Crippen LogP contribution in [-0.2, 0) is 6.54 Å². The molecule has 0 radical (unpaired) electrons. The van der Waals surface area contributed by atoms with E-state index in [0.29, 0.717) is 0 Å². The maximum absolute atomic E-state index is 4.51. The number of halogens is 2. The zero-order chi connectivity index (χ0) is 15.4. The number of rotatable bonds is 6. The Morgan fingerprint density at radius 1 is 1.43 bits per heavy atom. The first kappa shape index (κ1) is 16.9. The van der Waals surface area contributed by atoms with E-state index in [1.807, 2.05) is 13.2 Å². The monoisotopic (exact) mass is 462 g/mol. The van der Waals surface area contributed by atoms with Crippen LogP contribution in [0.5, 0.6) is 0 Å². The quantitative estimate of drug-likeness (QED) is 0.669. The van der Waals surface area contributed by atoms with E-state index in [0.717, 1.165) is 17.6 Å². The summed E-state index contributed by atoms with van der Waals surface area (Å²) in [7, 11) is 6.14. The molecule has 0 aliphatic carbocycles. The van der Waals surface area contributed by atoms with Crippen LogP contribution in [0, 0.1) is 3.57 Å². The van der Waals surface area contributed by atoms with Gasteiger partial charge in [-0.15, -0.1) is 0 Å². The first-order valence-electron chi connectivity index (χ1n) is 6.81. The Labute approximate surface area is 148 Å². The molecule has 0 aliphatic heterocycles. The van der Waals surface area contributed by atoms with Crippen LogP contribution in [0.4, 0.5) is 0 Å². The number of aromatic nitrogens is 2. The summed E-state index contributed by atoms with van der Waals surface area (Å²) >= 11 is 5.99. The number of nitrogens with zero attached hydrogens (tertiary/aromatic N) is 3. The molecule has 1 atom stereocenters. The Kier molecular flexibility index (Phi) is 6.21. The van der Waals surface area contributed by atoms with Gasteiger partial charge >= 0.3 is 0 Å². The molecule has 0 spiro atoms. The highest BCUT2D eigenvalue weighted by Crippen LogP contribution is 2.29. The Balaban J connectivity index is 2.35. The van der Waals surface area contributed by atoms with Gasteiger partial charge in [-0.05, 0) is 77.4 Å². The molecule has 0 saturated heterocycles. The molecule has 0 bridgehead atoms. The Hall–Kier alpha value is -0.440. The SMILES string of the molecule is CNC(c1cccc(I)c1)c1c(Br)cnn1CCN(C)C. The molecule has 21 heavy (non-hydrogen) atoms. The van der Waals surface area contributed by atoms with Crippen molar-refractivity contribution in [3.63, 3.8) is 0 Å². The van der Waals surface area contributed by atoms with E-state index in [-0.39, 0.29) is 6.04 Å². The standard InChI is InChI=1S/C15H20BrIN4/c1-18-14(11-5-4-6-12(17)9-11)15-13(16)10-19-21(15)8-7-20(2)3/h4-6,9-10,14,18H,7-8H2,1-3H3. The fourth-order valence-corrected chi connectivity index (χ4v) is 3.37. The van der Waals surface area contributed by atoms with E-state index in [1.165, 1.54) is 14.8 Å². The highest BCUT2D eigenvalue weighted by Gasteiger charge is 2.20. The molecule has 6 heteroatoms. The van der Waals surface area contributed by atoms with E-state index in [1.54, 1.807) is 0 Å². The summed E-state index contributed by atoms with van der Waals surface area (Å²) in [6.45, 7) is 1.83. The third kappa shape index (κ3) is 4.28. The second-order valence-electron chi connectivity index (χ2n) is 5.18. The maximum atomic E-state index is 4.51. The average Bonchev–Trinajstić information content (AvgIpc) is 2.79. The van der Waals surface area contributed by atoms with Gasteiger partial charge in [0, 0.05) is 10.1 Å². The van der Waals surface area contributed by atoms with Crippen LogP contribution in [0.25, 0.3) is 0 Å². The van der Waals surface area contributed by atoms with Crippen molar-refractivity contribution >= 4 is 38.5 Å². The zero-order valence-corrected chi connectivity index (χ0v) is 16.2. The number of hydrogen-bond acceptors (Lipinski definition) is 3. The zero-order valence-electron chi connectivity index (χ0n) is 12.5. The van der Waals surface area contributed by atoms with Gasteiger partial charge in [0.15, 0.2) is 0 Å². The second-order valence-corrected chi connectivity index (χ2v) is 7.28. The van der Waals surface area contributed by atoms with Crippen LogP contribution < -0.4 is 5.32 Å². The molecule has 1 aromatic carbocycles. The molecule has 2 rings (SSSR count). The lowest BCUT2D eigenvalue weighted by atomic mass is 10.0. The molecule has 0 fully saturated rings. The van der Waals surface area contributed by atoms with E-state index < -0.39 is 0 Å². The van der Waals surface area contributed by atoms with E-state index in [4.69, 9.17) is 0 Å². The first-order valence-corrected chi connectivity index (χ1v) is 8.68. The van der Waals surface area contributed by atoms with Crippen molar-refractivity contribution in [2.75, 3.05) is 27.7 Å². The van der Waals surface area contributed by atoms with E-state index >= 15 is 0 Å². The summed E-state index contributed by atoms with van der Waals surface area (Å²) in [4.78, 5) is 2.17. The van der Waals surface area contributed by atoms with Gasteiger partial charge in [0.25, 0.3) is 0 Å². The molecule has 1 heterocycles. The van der Waals surface area contributed by atoms with Gasteiger partial charge in [0.2, 0.25) is 0 Å². The number of benzene rings is 1. The number of likely N-dealkylation sites (N-methyl/N-ethyl adjacent to an activating group) is 1. The minimum Gasteiger partial charge on any atom is -0.308 e. The van der Waals surface area contributed by atoms with Crippen molar-refractivity contribution in [2.45, 2.75) is 12.6 Å². The average molecular weight is 463 g/mol. The summed E-state index contributed by atoms with van der Waals surface area (Å²) in [5.41, 5.74) is 2.41. The van der Waals surface area contributed by atoms with Crippen LogP contribution in [-0.4, -0.2) is 42.4 Å². The molecule has 2 aromatic rings. The van der Waals surface area contributed by atoms with Gasteiger partial charge in [0.1, 0.15) is 0 Å². The molecular weight excluding hydrogens is 443 g/mol. The van der Waals surface area contributed by atoms with Crippen molar-refractivity contribution in [3.05, 3.63) is 49.8 Å². The normalized spacial score (nSPS) is 12.9. The first-order chi connectivity index (χ1) is 10.0. The third-order valence-electron chi connectivity index (χ3n) is 3.34. The van der Waals surface area contributed by atoms with Gasteiger partial charge < -0.3 is 10.2 Å². The topological polar surface area (TPSA) is 33.1 Å². The summed E-state index contributed by atoms with van der Waals surface area (Å²) in [6, 6.07) is 8.68. The van der Waals surface area contributed by atoms with Crippen LogP contribution in [0.1, 0.15) is 17.3 Å². The summed E-state index contributed by atoms with van der Waals surface area (Å²) in [5, 5.41) is 7.91. The minimum absolute atomic E-state index is 0.124. The summed E-state index contributed by atoms with van der Waals surface area (Å²) in [6.07, 6.45) is 1.88. The van der Waals surface area contributed by atoms with Gasteiger partial charge in [-0.2, -0.15) is 5.10 Å². The van der Waals surface area contributed by atoms with Crippen molar-refractivity contribution in [1.82, 2.24) is 20.0 Å². The van der Waals surface area contributed by atoms with Crippen LogP contribution >= 0.6 is 38.5 Å². The van der Waals surface area contributed by atoms with Gasteiger partial charge in [0.05, 0.1) is 29.0 Å². The van der Waals surface area contributed by atoms with Gasteiger partial charge in [-0.25, -0.2) is 0 Å². The van der Waals surface area contributed by atoms with Crippen LogP contribution in [0.2, 0.25) is 0 Å². The van der Waals surface area contributed by atoms with Crippen molar-refractivity contribution in [1.29, 1.82) is 0 Å². The van der Waals surface area contributed by atoms with Crippen LogP contribution in [0.3, 0.4) is 0 Å². The smallest absolute Gasteiger partial charge is 0.0757 e. The van der Waals surface area contributed by atoms with E-state index in [2.05, 4.69) is 96.9 Å². The van der Waals surface area contributed by atoms with Gasteiger partial charge in [-0.3, -0.25) is 4.68 Å². The van der Waals surface area contributed by atoms with Crippen molar-refractivity contribution in [2.24, 2.45) is 0 Å². The molecule has 1 aromatic heterocycles. The summed E-state index contributed by atoms with van der Waals surface area (Å²) < 4.78 is 4.35. The van der Waals surface area contributed by atoms with E-state index in [9.17, 15) is 0 Å². The van der Waals surface area contributed by atoms with Crippen LogP contribution in [0.15, 0.2) is 34.9 Å². The lowest BCUT2D eigenvalue weighted by molar-refractivity contribution is 0.366. The Bertz CT molecular complexity index is 597. The largest absolute Gasteiger partial charge is 0.308 e. The molecule has 0 aliphatic rings. The lowest BCUT2D eigenvalue weighted by Crippen LogP contribution is -2.25. The molecule has 0 saturated carbocycles. The fourth-order valence-electron chi connectivity index (χ4n) is 2.28. The lowest BCUT2D eigenvalue weighted by Gasteiger charge is -2.20. The highest BCUT2D eigenvalue weighted by atomic mass is 127. The third-order valence-corrected chi connectivity index (χ3v) is 4.62. The van der Waals surface area contributed by atoms with Gasteiger partial charge in [-0.1, -0.05) is 12.1 Å². The molecule has 1 N–H and O–H groups in total. The minimum atomic E-state index is 0.124. The molecule has 0 amide bonds. The number of nitrogens with one attached hydrogen (secondary N) is 1. The Morgan fingerprint density at radius 3 is 2.81 bits per heavy atom. The van der Waals surface area contributed by atoms with Crippen molar-refractivity contribution in [3.8, 4) is 0 Å².